The van der Waals surface area contributed by atoms with Crippen molar-refractivity contribution in [2.75, 3.05) is 7.11 Å². The maximum Gasteiger partial charge on any atom is 0.337 e. The molecule has 0 saturated carbocycles. The number of esters is 2. The summed E-state index contributed by atoms with van der Waals surface area (Å²) in [4.78, 5) is 23.2. The van der Waals surface area contributed by atoms with Crippen molar-refractivity contribution >= 4 is 33.9 Å². The van der Waals surface area contributed by atoms with Gasteiger partial charge in [0.1, 0.15) is 11.6 Å². The van der Waals surface area contributed by atoms with Gasteiger partial charge >= 0.3 is 11.9 Å². The predicted octanol–water partition coefficient (Wildman–Crippen LogP) is 3.99. The van der Waals surface area contributed by atoms with Crippen LogP contribution < -0.4 is 4.74 Å². The first kappa shape index (κ1) is 16.9. The van der Waals surface area contributed by atoms with Gasteiger partial charge in [0.25, 0.3) is 0 Å². The highest BCUT2D eigenvalue weighted by Crippen LogP contribution is 2.26. The third-order valence-electron chi connectivity index (χ3n) is 2.85. The van der Waals surface area contributed by atoms with Gasteiger partial charge in [0.05, 0.1) is 17.1 Å². The fraction of sp³-hybridized carbons (Fsp3) is 0.0588. The number of hydrogen-bond acceptors (Lipinski definition) is 4. The van der Waals surface area contributed by atoms with E-state index in [9.17, 15) is 14.0 Å². The molecule has 0 bridgehead atoms. The largest absolute Gasteiger partial charge is 0.465 e. The summed E-state index contributed by atoms with van der Waals surface area (Å²) < 4.78 is 23.0. The second-order valence-corrected chi connectivity index (χ2v) is 5.30. The van der Waals surface area contributed by atoms with Crippen LogP contribution in [0.15, 0.2) is 53.0 Å². The average Bonchev–Trinajstić information content (AvgIpc) is 2.55. The second kappa shape index (κ2) is 7.69. The minimum atomic E-state index is -0.596. The maximum atomic E-state index is 12.8. The Kier molecular flexibility index (Phi) is 5.65. The van der Waals surface area contributed by atoms with Crippen LogP contribution in [-0.4, -0.2) is 19.0 Å². The Balaban J connectivity index is 2.05. The van der Waals surface area contributed by atoms with Gasteiger partial charge in [0.15, 0.2) is 0 Å². The van der Waals surface area contributed by atoms with Gasteiger partial charge in [0.2, 0.25) is 0 Å². The van der Waals surface area contributed by atoms with Gasteiger partial charge in [-0.05, 0) is 57.9 Å². The number of methoxy groups -OCH3 is 1. The van der Waals surface area contributed by atoms with Crippen molar-refractivity contribution in [3.8, 4) is 5.75 Å². The first-order chi connectivity index (χ1) is 11.0. The van der Waals surface area contributed by atoms with Crippen molar-refractivity contribution in [2.24, 2.45) is 0 Å². The van der Waals surface area contributed by atoms with Crippen LogP contribution in [0.25, 0.3) is 6.08 Å². The van der Waals surface area contributed by atoms with E-state index in [1.807, 2.05) is 0 Å². The van der Waals surface area contributed by atoms with Gasteiger partial charge in [0, 0.05) is 6.08 Å². The molecule has 2 aromatic rings. The van der Waals surface area contributed by atoms with Gasteiger partial charge in [-0.15, -0.1) is 0 Å². The summed E-state index contributed by atoms with van der Waals surface area (Å²) in [5.74, 6) is -1.16. The zero-order valence-electron chi connectivity index (χ0n) is 12.1. The Morgan fingerprint density at radius 3 is 2.43 bits per heavy atom. The maximum absolute atomic E-state index is 12.8. The van der Waals surface area contributed by atoms with Crippen LogP contribution in [-0.2, 0) is 9.53 Å². The average molecular weight is 379 g/mol. The topological polar surface area (TPSA) is 52.6 Å². The molecule has 0 aromatic heterocycles. The SMILES string of the molecule is COC(=O)c1ccc(OC(=O)/C=C/c2ccc(F)cc2)c(Br)c1. The smallest absolute Gasteiger partial charge is 0.337 e. The van der Waals surface area contributed by atoms with Crippen molar-refractivity contribution in [1.82, 2.24) is 0 Å². The Bertz CT molecular complexity index is 754. The lowest BCUT2D eigenvalue weighted by atomic mass is 10.2. The van der Waals surface area contributed by atoms with Crippen LogP contribution in [0, 0.1) is 5.82 Å². The molecule has 6 heteroatoms. The minimum Gasteiger partial charge on any atom is -0.465 e. The van der Waals surface area contributed by atoms with Gasteiger partial charge in [-0.1, -0.05) is 12.1 Å². The van der Waals surface area contributed by atoms with Crippen LogP contribution >= 0.6 is 15.9 Å². The summed E-state index contributed by atoms with van der Waals surface area (Å²) in [6, 6.07) is 10.2. The Labute approximate surface area is 140 Å². The molecule has 2 aromatic carbocycles. The van der Waals surface area contributed by atoms with Crippen LogP contribution in [0.3, 0.4) is 0 Å². The molecule has 0 aliphatic rings. The molecule has 0 spiro atoms. The van der Waals surface area contributed by atoms with Crippen molar-refractivity contribution in [3.63, 3.8) is 0 Å². The minimum absolute atomic E-state index is 0.270. The summed E-state index contributed by atoms with van der Waals surface area (Å²) in [5, 5.41) is 0. The first-order valence-electron chi connectivity index (χ1n) is 6.53. The van der Waals surface area contributed by atoms with Crippen molar-refractivity contribution in [2.45, 2.75) is 0 Å². The van der Waals surface area contributed by atoms with Crippen LogP contribution in [0.4, 0.5) is 4.39 Å². The summed E-state index contributed by atoms with van der Waals surface area (Å²) in [7, 11) is 1.28. The molecule has 0 fully saturated rings. The molecule has 0 atom stereocenters. The quantitative estimate of drug-likeness (QED) is 0.458. The van der Waals surface area contributed by atoms with Crippen molar-refractivity contribution < 1.29 is 23.5 Å². The predicted molar refractivity (Wildman–Crippen MR) is 86.6 cm³/mol. The van der Waals surface area contributed by atoms with E-state index < -0.39 is 11.9 Å². The Morgan fingerprint density at radius 1 is 1.13 bits per heavy atom. The zero-order valence-corrected chi connectivity index (χ0v) is 13.7. The summed E-state index contributed by atoms with van der Waals surface area (Å²) >= 11 is 3.23. The van der Waals surface area contributed by atoms with Gasteiger partial charge < -0.3 is 9.47 Å². The fourth-order valence-electron chi connectivity index (χ4n) is 1.71. The van der Waals surface area contributed by atoms with E-state index in [0.717, 1.165) is 0 Å². The second-order valence-electron chi connectivity index (χ2n) is 4.44. The molecule has 0 aliphatic heterocycles. The van der Waals surface area contributed by atoms with E-state index in [1.54, 1.807) is 12.1 Å². The Morgan fingerprint density at radius 2 is 1.83 bits per heavy atom. The molecule has 118 valence electrons. The molecule has 0 amide bonds. The molecule has 0 N–H and O–H groups in total. The van der Waals surface area contributed by atoms with Gasteiger partial charge in [-0.2, -0.15) is 0 Å². The molecule has 0 radical (unpaired) electrons. The highest BCUT2D eigenvalue weighted by Gasteiger charge is 2.11. The summed E-state index contributed by atoms with van der Waals surface area (Å²) in [5.41, 5.74) is 1.00. The van der Waals surface area contributed by atoms with E-state index in [1.165, 1.54) is 49.6 Å². The number of rotatable bonds is 4. The van der Waals surface area contributed by atoms with Crippen molar-refractivity contribution in [1.29, 1.82) is 0 Å². The Hall–Kier alpha value is -2.47. The van der Waals surface area contributed by atoms with E-state index in [2.05, 4.69) is 20.7 Å². The number of halogens is 2. The molecule has 4 nitrogen and oxygen atoms in total. The number of hydrogen-bond donors (Lipinski definition) is 0. The number of benzene rings is 2. The number of carbonyl (C=O) groups excluding carboxylic acids is 2. The molecule has 0 saturated heterocycles. The number of ether oxygens (including phenoxy) is 2. The molecular weight excluding hydrogens is 367 g/mol. The normalized spacial score (nSPS) is 10.6. The van der Waals surface area contributed by atoms with Crippen LogP contribution in [0.1, 0.15) is 15.9 Å². The third kappa shape index (κ3) is 4.75. The monoisotopic (exact) mass is 378 g/mol. The summed E-state index contributed by atoms with van der Waals surface area (Å²) in [6.07, 6.45) is 2.74. The fourth-order valence-corrected chi connectivity index (χ4v) is 2.17. The lowest BCUT2D eigenvalue weighted by Gasteiger charge is -2.06. The molecular formula is C17H12BrFO4. The van der Waals surface area contributed by atoms with E-state index >= 15 is 0 Å². The first-order valence-corrected chi connectivity index (χ1v) is 7.32. The lowest BCUT2D eigenvalue weighted by Crippen LogP contribution is -2.06. The highest BCUT2D eigenvalue weighted by molar-refractivity contribution is 9.10. The van der Waals surface area contributed by atoms with Crippen LogP contribution in [0.2, 0.25) is 0 Å². The molecule has 23 heavy (non-hydrogen) atoms. The number of carbonyl (C=O) groups is 2. The lowest BCUT2D eigenvalue weighted by molar-refractivity contribution is -0.128. The van der Waals surface area contributed by atoms with E-state index in [-0.39, 0.29) is 11.6 Å². The van der Waals surface area contributed by atoms with Crippen LogP contribution in [0.5, 0.6) is 5.75 Å². The zero-order chi connectivity index (χ0) is 16.8. The highest BCUT2D eigenvalue weighted by atomic mass is 79.9. The van der Waals surface area contributed by atoms with Crippen molar-refractivity contribution in [3.05, 3.63) is 70.0 Å². The van der Waals surface area contributed by atoms with Gasteiger partial charge in [-0.25, -0.2) is 14.0 Å². The van der Waals surface area contributed by atoms with E-state index in [0.29, 0.717) is 15.6 Å². The van der Waals surface area contributed by atoms with E-state index in [4.69, 9.17) is 4.74 Å². The summed E-state index contributed by atoms with van der Waals surface area (Å²) in [6.45, 7) is 0. The van der Waals surface area contributed by atoms with Gasteiger partial charge in [-0.3, -0.25) is 0 Å². The standard InChI is InChI=1S/C17H12BrFO4/c1-22-17(21)12-5-8-15(14(18)10-12)23-16(20)9-4-11-2-6-13(19)7-3-11/h2-10H,1H3/b9-4+. The molecule has 0 heterocycles. The molecule has 0 unspecified atom stereocenters. The molecule has 0 aliphatic carbocycles. The third-order valence-corrected chi connectivity index (χ3v) is 3.47. The molecule has 2 rings (SSSR count).